The molecule has 6 aromatic carbocycles. The van der Waals surface area contributed by atoms with Crippen molar-refractivity contribution in [3.8, 4) is 0 Å². The number of benzene rings is 6. The molecule has 0 saturated carbocycles. The fourth-order valence-electron chi connectivity index (χ4n) is 15.0. The summed E-state index contributed by atoms with van der Waals surface area (Å²) in [5.41, 5.74) is 4.06. The van der Waals surface area contributed by atoms with E-state index in [-0.39, 0.29) is 62.7 Å². The van der Waals surface area contributed by atoms with E-state index in [1.807, 2.05) is 140 Å². The van der Waals surface area contributed by atoms with Crippen molar-refractivity contribution in [2.24, 2.45) is 10.8 Å². The maximum Gasteiger partial charge on any atom is 0.316 e. The number of carbonyl (C=O) groups is 8. The monoisotopic (exact) mass is 1570 g/mol. The van der Waals surface area contributed by atoms with Crippen LogP contribution >= 0.6 is 85.0 Å². The summed E-state index contributed by atoms with van der Waals surface area (Å²) in [6.45, 7) is 20.9. The molecular weight excluding hydrogens is 1470 g/mol. The number of piperidine rings is 2. The molecule has 18 nitrogen and oxygen atoms in total. The third kappa shape index (κ3) is 20.8. The lowest BCUT2D eigenvalue weighted by Gasteiger charge is -2.48. The molecule has 0 aliphatic carbocycles. The van der Waals surface area contributed by atoms with Crippen LogP contribution in [0.5, 0.6) is 0 Å². The van der Waals surface area contributed by atoms with Gasteiger partial charge in [0.1, 0.15) is 0 Å². The molecule has 4 aliphatic heterocycles. The molecule has 0 unspecified atom stereocenters. The number of rotatable bonds is 19. The summed E-state index contributed by atoms with van der Waals surface area (Å²) in [4.78, 5) is 115. The summed E-state index contributed by atoms with van der Waals surface area (Å²) in [6.07, 6.45) is 5.20. The summed E-state index contributed by atoms with van der Waals surface area (Å²) < 4.78 is 0. The fraction of sp³-hybridized carbons (Fsp3) is 0.450. The highest BCUT2D eigenvalue weighted by Gasteiger charge is 2.48. The van der Waals surface area contributed by atoms with Gasteiger partial charge in [-0.25, -0.2) is 0 Å². The quantitative estimate of drug-likeness (QED) is 0.0516. The molecule has 3 N–H and O–H groups in total. The number of fused-ring (bicyclic) bond motifs is 4. The number of anilines is 2. The van der Waals surface area contributed by atoms with Gasteiger partial charge in [-0.15, -0.1) is 0 Å². The van der Waals surface area contributed by atoms with Crippen LogP contribution in [0.3, 0.4) is 0 Å². The molecule has 0 aromatic heterocycles. The molecule has 2 atom stereocenters. The van der Waals surface area contributed by atoms with Gasteiger partial charge in [-0.3, -0.25) is 38.4 Å². The number of nitrogens with zero attached hydrogens (tertiary/aromatic N) is 7. The first-order chi connectivity index (χ1) is 48.7. The minimum atomic E-state index is -1.17. The second-order valence-corrected chi connectivity index (χ2v) is 31.4. The number of halogens is 5. The average Bonchev–Trinajstić information content (AvgIpc) is 0.771. The minimum absolute atomic E-state index is 0. The van der Waals surface area contributed by atoms with Crippen molar-refractivity contribution in [1.82, 2.24) is 40.4 Å². The van der Waals surface area contributed by atoms with Crippen LogP contribution < -0.4 is 25.8 Å². The Balaban J connectivity index is 0.000000280. The van der Waals surface area contributed by atoms with Crippen molar-refractivity contribution in [2.75, 3.05) is 103 Å². The number of amides is 7. The van der Waals surface area contributed by atoms with E-state index in [0.29, 0.717) is 95.6 Å². The molecule has 4 heterocycles. The highest BCUT2D eigenvalue weighted by atomic mass is 35.5. The van der Waals surface area contributed by atoms with E-state index in [4.69, 9.17) is 58.0 Å². The minimum Gasteiger partial charge on any atom is -0.346 e. The van der Waals surface area contributed by atoms with E-state index in [0.717, 1.165) is 68.4 Å². The third-order valence-electron chi connectivity index (χ3n) is 20.6. The van der Waals surface area contributed by atoms with Gasteiger partial charge in [0.25, 0.3) is 0 Å². The number of carbonyl (C=O) groups excluding carboxylic acids is 8. The zero-order valence-corrected chi connectivity index (χ0v) is 68.2. The highest BCUT2D eigenvalue weighted by Crippen LogP contribution is 2.43. The molecule has 2 saturated heterocycles. The lowest BCUT2D eigenvalue weighted by atomic mass is 9.75. The molecule has 25 heteroatoms. The Labute approximate surface area is 659 Å². The Morgan fingerprint density at radius 3 is 1.28 bits per heavy atom. The molecule has 4 aliphatic rings. The lowest BCUT2D eigenvalue weighted by molar-refractivity contribution is -0.151. The summed E-state index contributed by atoms with van der Waals surface area (Å²) in [7, 11) is 7.18. The van der Waals surface area contributed by atoms with Crippen LogP contribution in [0.1, 0.15) is 127 Å². The summed E-state index contributed by atoms with van der Waals surface area (Å²) in [6, 6.07) is 45.5. The van der Waals surface area contributed by atoms with Crippen LogP contribution in [-0.4, -0.2) is 165 Å². The molecule has 0 bridgehead atoms. The van der Waals surface area contributed by atoms with Crippen LogP contribution in [0, 0.1) is 10.8 Å². The van der Waals surface area contributed by atoms with Gasteiger partial charge >= 0.3 is 23.0 Å². The maximum absolute atomic E-state index is 14.5. The average molecular weight is 1570 g/mol. The molecule has 10 rings (SSSR count). The number of para-hydroxylation sites is 2. The van der Waals surface area contributed by atoms with Gasteiger partial charge in [-0.2, -0.15) is 27.0 Å². The van der Waals surface area contributed by atoms with Crippen molar-refractivity contribution in [1.29, 1.82) is 0 Å². The molecule has 2 fully saturated rings. The maximum atomic E-state index is 14.5. The largest absolute Gasteiger partial charge is 0.346 e. The van der Waals surface area contributed by atoms with Gasteiger partial charge in [0.05, 0.1) is 55.1 Å². The Kier molecular flexibility index (Phi) is 31.1. The van der Waals surface area contributed by atoms with Crippen LogP contribution in [-0.2, 0) is 73.4 Å². The fourth-order valence-corrected chi connectivity index (χ4v) is 15.7. The topological polar surface area (TPSA) is 195 Å². The van der Waals surface area contributed by atoms with E-state index in [2.05, 4.69) is 50.0 Å². The third-order valence-corrected chi connectivity index (χ3v) is 22.2. The Morgan fingerprint density at radius 1 is 0.495 bits per heavy atom. The Bertz CT molecular complexity index is 4040. The first kappa shape index (κ1) is 87.2. The number of likely N-dealkylation sites (N-methyl/N-ethyl adjacent to an activating group) is 6. The van der Waals surface area contributed by atoms with Crippen molar-refractivity contribution < 1.29 is 38.4 Å². The summed E-state index contributed by atoms with van der Waals surface area (Å²) >= 11 is 30.9. The number of hydrogen-bond donors (Lipinski definition) is 3. The van der Waals surface area contributed by atoms with Gasteiger partial charge < -0.3 is 50.2 Å². The van der Waals surface area contributed by atoms with E-state index in [1.165, 1.54) is 25.8 Å². The van der Waals surface area contributed by atoms with E-state index in [1.54, 1.807) is 74.4 Å². The zero-order chi connectivity index (χ0) is 75.4. The predicted octanol–water partition coefficient (Wildman–Crippen LogP) is 13.3. The van der Waals surface area contributed by atoms with Gasteiger partial charge in [-0.1, -0.05) is 185 Å². The highest BCUT2D eigenvalue weighted by molar-refractivity contribution is 7.59. The van der Waals surface area contributed by atoms with E-state index >= 15 is 0 Å². The number of nitrogens with one attached hydrogen (secondary N) is 3. The van der Waals surface area contributed by atoms with Crippen molar-refractivity contribution >= 4 is 143 Å². The number of likely N-dealkylation sites (tertiary alicyclic amines) is 2. The van der Waals surface area contributed by atoms with Gasteiger partial charge in [0.15, 0.2) is 0 Å². The smallest absolute Gasteiger partial charge is 0.316 e. The molecule has 105 heavy (non-hydrogen) atoms. The van der Waals surface area contributed by atoms with Crippen LogP contribution in [0.4, 0.5) is 11.4 Å². The van der Waals surface area contributed by atoms with Crippen LogP contribution in [0.2, 0.25) is 20.1 Å². The molecule has 0 radical (unpaired) electrons. The Morgan fingerprint density at radius 2 is 0.876 bits per heavy atom. The van der Waals surface area contributed by atoms with Crippen LogP contribution in [0.25, 0.3) is 0 Å². The van der Waals surface area contributed by atoms with Gasteiger partial charge in [0.2, 0.25) is 23.6 Å². The SMILES string of the molecule is CCN(C(=O)C(=O)Cl)c1ccccc1.CCN(C(=O)C(=O)N(C)[C@](CCN1CCC2(CC1)NC(=O)Cc1ccccc12)(CN(C)C(=O)C(C)(C)C)c1ccc(Cl)c(Cl)c1)c1ccccc1.CN[C@](CCN1CCC2(CC1)NC(=O)Cc1ccccc12)(CN(C)C(=O)C(C)(C)C)c1ccc(Cl)c(Cl)c1.S.S. The molecule has 568 valence electrons. The van der Waals surface area contributed by atoms with Crippen molar-refractivity contribution in [2.45, 2.75) is 129 Å². The second kappa shape index (κ2) is 37.4. The normalized spacial score (nSPS) is 16.3. The van der Waals surface area contributed by atoms with Crippen LogP contribution in [0.15, 0.2) is 146 Å². The molecule has 2 spiro atoms. The molecule has 6 aromatic rings. The van der Waals surface area contributed by atoms with E-state index < -0.39 is 50.4 Å². The predicted molar refractivity (Wildman–Crippen MR) is 433 cm³/mol. The zero-order valence-electron chi connectivity index (χ0n) is 62.4. The van der Waals surface area contributed by atoms with E-state index in [9.17, 15) is 38.4 Å². The standard InChI is InChI=1S/C40H49Cl2N5O4.C30H40Cl2N4O2.C10H10ClNO2.2H2S/c1-7-47(30-14-9-8-10-15-30)36(50)35(49)45(6)40(27-44(5)37(51)38(2,3)4,29-17-18-32(41)33(42)26-29)21-24-46-22-19-39(20-23-46)31-16-12-11-13-28(31)25-34(48)43-39;1-28(2,3)27(38)35(5)20-30(33-4,22-10-11-24(31)25(32)19-22)14-17-36-15-12-29(13-16-36)23-9-7-6-8-21(23)18-26(37)34-29;1-2-12(10(14)9(11)13)8-6-4-3-5-7-8;;/h8-18,26H,7,19-25,27H2,1-6H3,(H,43,48);6-11,19,33H,12-18,20H2,1-5H3,(H,34,37);3-7H,2H2,1H3;2*1H2/t40-;30-;;;/m11.../s1. The van der Waals surface area contributed by atoms with Crippen molar-refractivity contribution in [3.63, 3.8) is 0 Å². The number of hydrogen-bond acceptors (Lipinski definition) is 11. The lowest BCUT2D eigenvalue weighted by Crippen LogP contribution is -2.60. The summed E-state index contributed by atoms with van der Waals surface area (Å²) in [5, 5.41) is 10.9. The Hall–Kier alpha value is -6.69. The van der Waals surface area contributed by atoms with Crippen molar-refractivity contribution in [3.05, 3.63) is 199 Å². The van der Waals surface area contributed by atoms with Gasteiger partial charge in [0, 0.05) is 109 Å². The molecular formula is C80H103Cl5N10O8S2. The molecule has 7 amide bonds. The first-order valence-corrected chi connectivity index (χ1v) is 37.1. The summed E-state index contributed by atoms with van der Waals surface area (Å²) in [5.74, 6) is -1.95. The first-order valence-electron chi connectivity index (χ1n) is 35.2. The van der Waals surface area contributed by atoms with Gasteiger partial charge in [-0.05, 0) is 153 Å². The second-order valence-electron chi connectivity index (χ2n) is 29.5.